The number of carbonyl (C=O) groups excluding carboxylic acids is 2. The maximum atomic E-state index is 12.3. The van der Waals surface area contributed by atoms with E-state index in [-0.39, 0.29) is 17.6 Å². The molecule has 2 heterocycles. The summed E-state index contributed by atoms with van der Waals surface area (Å²) in [5.41, 5.74) is 3.52. The molecule has 0 aliphatic carbocycles. The molecule has 0 unspecified atom stereocenters. The molecule has 1 fully saturated rings. The van der Waals surface area contributed by atoms with Crippen LogP contribution in [0.4, 0.5) is 11.4 Å². The Morgan fingerprint density at radius 3 is 2.57 bits per heavy atom. The van der Waals surface area contributed by atoms with Crippen LogP contribution >= 0.6 is 23.4 Å². The zero-order valence-corrected chi connectivity index (χ0v) is 18.1. The van der Waals surface area contributed by atoms with Gasteiger partial charge in [-0.05, 0) is 42.5 Å². The number of hydrogen-bond donors (Lipinski definition) is 2. The molecule has 2 amide bonds. The van der Waals surface area contributed by atoms with Crippen molar-refractivity contribution < 1.29 is 9.59 Å². The maximum absolute atomic E-state index is 12.3. The van der Waals surface area contributed by atoms with E-state index in [4.69, 9.17) is 11.6 Å². The molecule has 3 aromatic rings. The summed E-state index contributed by atoms with van der Waals surface area (Å²) >= 11 is 7.33. The average molecular weight is 444 g/mol. The van der Waals surface area contributed by atoms with Crippen molar-refractivity contribution in [3.63, 3.8) is 0 Å². The maximum Gasteiger partial charge on any atom is 0.234 e. The van der Waals surface area contributed by atoms with Gasteiger partial charge in [0.05, 0.1) is 16.8 Å². The molecule has 4 rings (SSSR count). The molecular weight excluding hydrogens is 422 g/mol. The van der Waals surface area contributed by atoms with E-state index in [1.165, 1.54) is 11.8 Å². The highest BCUT2D eigenvalue weighted by Gasteiger charge is 2.18. The molecule has 1 aliphatic heterocycles. The number of nitrogens with zero attached hydrogens (tertiary/aromatic N) is 3. The van der Waals surface area contributed by atoms with E-state index in [1.807, 2.05) is 41.3 Å². The summed E-state index contributed by atoms with van der Waals surface area (Å²) in [7, 11) is 0. The van der Waals surface area contributed by atoms with Crippen LogP contribution in [0.15, 0.2) is 47.6 Å². The lowest BCUT2D eigenvalue weighted by molar-refractivity contribution is -0.129. The van der Waals surface area contributed by atoms with Crippen LogP contribution in [0, 0.1) is 0 Å². The van der Waals surface area contributed by atoms with Crippen molar-refractivity contribution in [2.75, 3.05) is 42.1 Å². The number of benzene rings is 2. The summed E-state index contributed by atoms with van der Waals surface area (Å²) < 4.78 is 0. The Bertz CT molecular complexity index is 1060. The van der Waals surface area contributed by atoms with E-state index in [0.717, 1.165) is 48.6 Å². The second-order valence-corrected chi connectivity index (χ2v) is 8.48. The van der Waals surface area contributed by atoms with Gasteiger partial charge in [-0.1, -0.05) is 23.4 Å². The molecule has 9 heteroatoms. The SMILES string of the molecule is CC(=O)N1CCN(c2ccc(NC(=O)CSc3nc4ccc(Cl)cc4[nH]3)cc2)CC1. The van der Waals surface area contributed by atoms with Gasteiger partial charge in [0.15, 0.2) is 5.16 Å². The Balaban J connectivity index is 1.28. The minimum Gasteiger partial charge on any atom is -0.368 e. The first kappa shape index (κ1) is 20.6. The second kappa shape index (κ2) is 8.97. The van der Waals surface area contributed by atoms with E-state index in [2.05, 4.69) is 20.2 Å². The monoisotopic (exact) mass is 443 g/mol. The van der Waals surface area contributed by atoms with Gasteiger partial charge < -0.3 is 20.1 Å². The first-order chi connectivity index (χ1) is 14.5. The molecule has 1 aromatic heterocycles. The molecule has 0 saturated carbocycles. The summed E-state index contributed by atoms with van der Waals surface area (Å²) in [4.78, 5) is 35.5. The van der Waals surface area contributed by atoms with Crippen LogP contribution in [-0.2, 0) is 9.59 Å². The molecule has 2 N–H and O–H groups in total. The van der Waals surface area contributed by atoms with Gasteiger partial charge in [-0.25, -0.2) is 4.98 Å². The number of halogens is 1. The fourth-order valence-corrected chi connectivity index (χ4v) is 4.25. The number of piperazine rings is 1. The fraction of sp³-hybridized carbons (Fsp3) is 0.286. The Morgan fingerprint density at radius 1 is 1.13 bits per heavy atom. The molecule has 0 bridgehead atoms. The van der Waals surface area contributed by atoms with Crippen LogP contribution < -0.4 is 10.2 Å². The van der Waals surface area contributed by atoms with Crippen molar-refractivity contribution >= 4 is 57.6 Å². The number of hydrogen-bond acceptors (Lipinski definition) is 5. The summed E-state index contributed by atoms with van der Waals surface area (Å²) in [6, 6.07) is 13.2. The van der Waals surface area contributed by atoms with E-state index < -0.39 is 0 Å². The highest BCUT2D eigenvalue weighted by Crippen LogP contribution is 2.23. The molecule has 7 nitrogen and oxygen atoms in total. The van der Waals surface area contributed by atoms with Gasteiger partial charge in [-0.2, -0.15) is 0 Å². The van der Waals surface area contributed by atoms with Crippen LogP contribution in [0.2, 0.25) is 5.02 Å². The lowest BCUT2D eigenvalue weighted by Gasteiger charge is -2.35. The lowest BCUT2D eigenvalue weighted by atomic mass is 10.2. The number of fused-ring (bicyclic) bond motifs is 1. The van der Waals surface area contributed by atoms with Crippen molar-refractivity contribution in [2.45, 2.75) is 12.1 Å². The molecule has 30 heavy (non-hydrogen) atoms. The van der Waals surface area contributed by atoms with Gasteiger partial charge in [0.2, 0.25) is 11.8 Å². The predicted octanol–water partition coefficient (Wildman–Crippen LogP) is 3.62. The predicted molar refractivity (Wildman–Crippen MR) is 121 cm³/mol. The van der Waals surface area contributed by atoms with E-state index in [0.29, 0.717) is 10.2 Å². The van der Waals surface area contributed by atoms with Crippen molar-refractivity contribution in [1.29, 1.82) is 0 Å². The lowest BCUT2D eigenvalue weighted by Crippen LogP contribution is -2.48. The summed E-state index contributed by atoms with van der Waals surface area (Å²) in [5.74, 6) is 0.279. The Morgan fingerprint density at radius 2 is 1.87 bits per heavy atom. The quantitative estimate of drug-likeness (QED) is 0.588. The van der Waals surface area contributed by atoms with Gasteiger partial charge in [-0.3, -0.25) is 9.59 Å². The topological polar surface area (TPSA) is 81.3 Å². The fourth-order valence-electron chi connectivity index (χ4n) is 3.39. The van der Waals surface area contributed by atoms with Gasteiger partial charge >= 0.3 is 0 Å². The molecule has 1 aliphatic rings. The minimum absolute atomic E-state index is 0.0960. The average Bonchev–Trinajstić information content (AvgIpc) is 3.15. The third kappa shape index (κ3) is 4.88. The van der Waals surface area contributed by atoms with Crippen LogP contribution in [0.3, 0.4) is 0 Å². The van der Waals surface area contributed by atoms with Crippen molar-refractivity contribution in [1.82, 2.24) is 14.9 Å². The van der Waals surface area contributed by atoms with E-state index in [9.17, 15) is 9.59 Å². The number of aromatic nitrogens is 2. The van der Waals surface area contributed by atoms with E-state index in [1.54, 1.807) is 13.0 Å². The highest BCUT2D eigenvalue weighted by molar-refractivity contribution is 7.99. The van der Waals surface area contributed by atoms with Gasteiger partial charge in [-0.15, -0.1) is 0 Å². The van der Waals surface area contributed by atoms with E-state index >= 15 is 0 Å². The third-order valence-electron chi connectivity index (χ3n) is 5.00. The van der Waals surface area contributed by atoms with Crippen molar-refractivity contribution in [3.8, 4) is 0 Å². The number of thioether (sulfide) groups is 1. The number of carbonyl (C=O) groups is 2. The molecule has 0 atom stereocenters. The molecular formula is C21H22ClN5O2S. The molecule has 0 spiro atoms. The summed E-state index contributed by atoms with van der Waals surface area (Å²) in [6.07, 6.45) is 0. The Kier molecular flexibility index (Phi) is 6.15. The van der Waals surface area contributed by atoms with Gasteiger partial charge in [0, 0.05) is 49.5 Å². The number of aromatic amines is 1. The van der Waals surface area contributed by atoms with Crippen LogP contribution in [0.1, 0.15) is 6.92 Å². The Labute approximate surface area is 183 Å². The number of nitrogens with one attached hydrogen (secondary N) is 2. The van der Waals surface area contributed by atoms with Gasteiger partial charge in [0.25, 0.3) is 0 Å². The zero-order valence-electron chi connectivity index (χ0n) is 16.5. The summed E-state index contributed by atoms with van der Waals surface area (Å²) in [6.45, 7) is 4.70. The minimum atomic E-state index is -0.0960. The molecule has 1 saturated heterocycles. The van der Waals surface area contributed by atoms with Crippen LogP contribution in [0.5, 0.6) is 0 Å². The molecule has 156 valence electrons. The second-order valence-electron chi connectivity index (χ2n) is 7.08. The smallest absolute Gasteiger partial charge is 0.234 e. The highest BCUT2D eigenvalue weighted by atomic mass is 35.5. The van der Waals surface area contributed by atoms with Crippen molar-refractivity contribution in [2.24, 2.45) is 0 Å². The van der Waals surface area contributed by atoms with Crippen molar-refractivity contribution in [3.05, 3.63) is 47.5 Å². The largest absolute Gasteiger partial charge is 0.368 e. The summed E-state index contributed by atoms with van der Waals surface area (Å²) in [5, 5.41) is 4.24. The normalized spacial score (nSPS) is 14.2. The number of imidazole rings is 1. The first-order valence-electron chi connectivity index (χ1n) is 9.66. The number of anilines is 2. The van der Waals surface area contributed by atoms with Crippen LogP contribution in [0.25, 0.3) is 11.0 Å². The zero-order chi connectivity index (χ0) is 21.1. The first-order valence-corrected chi connectivity index (χ1v) is 11.0. The standard InChI is InChI=1S/C21H22ClN5O2S/c1-14(28)26-8-10-27(11-9-26)17-5-3-16(4-6-17)23-20(29)13-30-21-24-18-7-2-15(22)12-19(18)25-21/h2-7,12H,8-11,13H2,1H3,(H,23,29)(H,24,25). The number of amides is 2. The number of H-pyrrole nitrogens is 1. The molecule has 2 aromatic carbocycles. The Hall–Kier alpha value is -2.71. The number of rotatable bonds is 5. The van der Waals surface area contributed by atoms with Crippen LogP contribution in [-0.4, -0.2) is 58.6 Å². The molecule has 0 radical (unpaired) electrons. The third-order valence-corrected chi connectivity index (χ3v) is 6.11. The van der Waals surface area contributed by atoms with Gasteiger partial charge in [0.1, 0.15) is 0 Å².